The highest BCUT2D eigenvalue weighted by atomic mass is 32.2. The molecule has 4 rings (SSSR count). The molecule has 1 aromatic rings. The third-order valence-electron chi connectivity index (χ3n) is 5.67. The van der Waals surface area contributed by atoms with Crippen LogP contribution in [-0.2, 0) is 14.3 Å². The van der Waals surface area contributed by atoms with Gasteiger partial charge in [0.1, 0.15) is 5.75 Å². The molecule has 1 N–H and O–H groups in total. The van der Waals surface area contributed by atoms with Crippen LogP contribution in [0.5, 0.6) is 5.75 Å². The highest BCUT2D eigenvalue weighted by Gasteiger charge is 2.41. The fourth-order valence-corrected chi connectivity index (χ4v) is 4.78. The van der Waals surface area contributed by atoms with Crippen LogP contribution in [0.3, 0.4) is 0 Å². The second kappa shape index (κ2) is 9.18. The van der Waals surface area contributed by atoms with Gasteiger partial charge < -0.3 is 19.7 Å². The van der Waals surface area contributed by atoms with Crippen molar-refractivity contribution in [3.05, 3.63) is 52.2 Å². The average Bonchev–Trinajstić information content (AvgIpc) is 3.56. The summed E-state index contributed by atoms with van der Waals surface area (Å²) in [4.78, 5) is 32.2. The van der Waals surface area contributed by atoms with Crippen molar-refractivity contribution in [2.24, 2.45) is 10.9 Å². The number of nitrogens with zero attached hydrogens (tertiary/aromatic N) is 2. The van der Waals surface area contributed by atoms with Crippen molar-refractivity contribution in [3.8, 4) is 5.75 Å². The Bertz CT molecular complexity index is 981. The van der Waals surface area contributed by atoms with E-state index in [0.717, 1.165) is 23.0 Å². The van der Waals surface area contributed by atoms with Gasteiger partial charge in [-0.1, -0.05) is 30.8 Å². The van der Waals surface area contributed by atoms with Gasteiger partial charge in [-0.3, -0.25) is 4.79 Å². The minimum atomic E-state index is -0.442. The normalized spacial score (nSPS) is 20.1. The number of amides is 1. The lowest BCUT2D eigenvalue weighted by Crippen LogP contribution is -2.38. The first-order chi connectivity index (χ1) is 15.0. The summed E-state index contributed by atoms with van der Waals surface area (Å²) in [6.45, 7) is 2.70. The van der Waals surface area contributed by atoms with Crippen LogP contribution in [0.15, 0.2) is 51.6 Å². The number of hydrogen-bond acceptors (Lipinski definition) is 7. The summed E-state index contributed by atoms with van der Waals surface area (Å²) < 4.78 is 10.6. The summed E-state index contributed by atoms with van der Waals surface area (Å²) in [6.07, 6.45) is 3.20. The number of carbonyl (C=O) groups is 2. The number of benzene rings is 1. The van der Waals surface area contributed by atoms with E-state index < -0.39 is 12.0 Å². The molecule has 7 nitrogen and oxygen atoms in total. The predicted octanol–water partition coefficient (Wildman–Crippen LogP) is 3.75. The van der Waals surface area contributed by atoms with Gasteiger partial charge in [-0.25, -0.2) is 9.79 Å². The number of fused-ring (bicyclic) bond motifs is 1. The fourth-order valence-electron chi connectivity index (χ4n) is 3.85. The van der Waals surface area contributed by atoms with E-state index in [9.17, 15) is 9.59 Å². The van der Waals surface area contributed by atoms with Crippen LogP contribution < -0.4 is 10.1 Å². The van der Waals surface area contributed by atoms with Gasteiger partial charge in [0.05, 0.1) is 38.0 Å². The Hall–Kier alpha value is -2.74. The van der Waals surface area contributed by atoms with Gasteiger partial charge in [0, 0.05) is 12.2 Å². The highest BCUT2D eigenvalue weighted by Crippen LogP contribution is 2.45. The standard InChI is InChI=1S/C23H27N3O4S/c1-4-18-20(22(28)30-3)21(15-6-5-7-17(10-15)29-2)26-16(13-31-23(26)25-18)11-19(27)24-12-14-8-9-14/h5-7,10,13-14,21H,4,8-9,11-12H2,1-3H3,(H,24,27). The maximum atomic E-state index is 12.9. The molecule has 1 unspecified atom stereocenters. The van der Waals surface area contributed by atoms with Crippen molar-refractivity contribution in [2.45, 2.75) is 38.6 Å². The number of hydrogen-bond donors (Lipinski definition) is 1. The molecule has 0 bridgehead atoms. The van der Waals surface area contributed by atoms with Gasteiger partial charge in [-0.2, -0.15) is 0 Å². The van der Waals surface area contributed by atoms with Gasteiger partial charge in [-0.05, 0) is 48.3 Å². The second-order valence-electron chi connectivity index (χ2n) is 7.80. The highest BCUT2D eigenvalue weighted by molar-refractivity contribution is 8.16. The van der Waals surface area contributed by atoms with E-state index in [4.69, 9.17) is 14.5 Å². The minimum Gasteiger partial charge on any atom is -0.497 e. The van der Waals surface area contributed by atoms with Crippen molar-refractivity contribution in [1.29, 1.82) is 0 Å². The van der Waals surface area contributed by atoms with Crippen LogP contribution in [0.2, 0.25) is 0 Å². The van der Waals surface area contributed by atoms with E-state index in [0.29, 0.717) is 29.4 Å². The average molecular weight is 442 g/mol. The molecule has 1 fully saturated rings. The van der Waals surface area contributed by atoms with Crippen LogP contribution >= 0.6 is 11.8 Å². The first-order valence-electron chi connectivity index (χ1n) is 10.5. The topological polar surface area (TPSA) is 80.2 Å². The summed E-state index contributed by atoms with van der Waals surface area (Å²) in [6, 6.07) is 7.19. The number of ether oxygens (including phenoxy) is 2. The molecule has 2 aliphatic heterocycles. The first kappa shape index (κ1) is 21.5. The predicted molar refractivity (Wildman–Crippen MR) is 120 cm³/mol. The summed E-state index contributed by atoms with van der Waals surface area (Å²) in [5, 5.41) is 5.75. The van der Waals surface area contributed by atoms with Gasteiger partial charge in [0.2, 0.25) is 5.91 Å². The molecule has 1 aromatic carbocycles. The molecule has 1 aliphatic carbocycles. The van der Waals surface area contributed by atoms with E-state index >= 15 is 0 Å². The smallest absolute Gasteiger partial charge is 0.338 e. The van der Waals surface area contributed by atoms with Crippen molar-refractivity contribution >= 4 is 28.8 Å². The van der Waals surface area contributed by atoms with Gasteiger partial charge >= 0.3 is 5.97 Å². The number of methoxy groups -OCH3 is 2. The third-order valence-corrected chi connectivity index (χ3v) is 6.55. The Kier molecular flexibility index (Phi) is 6.36. The number of nitrogens with one attached hydrogen (secondary N) is 1. The number of allylic oxidation sites excluding steroid dienone is 1. The van der Waals surface area contributed by atoms with E-state index in [1.54, 1.807) is 7.11 Å². The molecule has 1 saturated carbocycles. The SMILES string of the molecule is CCC1=C(C(=O)OC)C(c2cccc(OC)c2)N2C(CC(=O)NCC3CC3)=CSC2=N1. The van der Waals surface area contributed by atoms with Gasteiger partial charge in [0.15, 0.2) is 5.17 Å². The fraction of sp³-hybridized carbons (Fsp3) is 0.435. The summed E-state index contributed by atoms with van der Waals surface area (Å²) in [7, 11) is 2.99. The second-order valence-corrected chi connectivity index (χ2v) is 8.64. The van der Waals surface area contributed by atoms with E-state index in [1.807, 2.05) is 41.5 Å². The van der Waals surface area contributed by atoms with Crippen LogP contribution in [0.25, 0.3) is 0 Å². The molecular formula is C23H27N3O4S. The molecule has 8 heteroatoms. The molecule has 164 valence electrons. The van der Waals surface area contributed by atoms with Crippen molar-refractivity contribution < 1.29 is 19.1 Å². The van der Waals surface area contributed by atoms with Gasteiger partial charge in [-0.15, -0.1) is 0 Å². The Labute approximate surface area is 186 Å². The number of carbonyl (C=O) groups excluding carboxylic acids is 2. The van der Waals surface area contributed by atoms with Crippen LogP contribution in [-0.4, -0.2) is 42.7 Å². The molecule has 3 aliphatic rings. The van der Waals surface area contributed by atoms with E-state index in [2.05, 4.69) is 5.32 Å². The maximum absolute atomic E-state index is 12.9. The van der Waals surface area contributed by atoms with Crippen molar-refractivity contribution in [2.75, 3.05) is 20.8 Å². The molecule has 0 spiro atoms. The number of thioether (sulfide) groups is 1. The summed E-state index contributed by atoms with van der Waals surface area (Å²) >= 11 is 1.48. The monoisotopic (exact) mass is 441 g/mol. The number of esters is 1. The Morgan fingerprint density at radius 1 is 1.29 bits per heavy atom. The molecule has 1 atom stereocenters. The minimum absolute atomic E-state index is 0.0192. The third kappa shape index (κ3) is 4.49. The van der Waals surface area contributed by atoms with Crippen molar-refractivity contribution in [1.82, 2.24) is 10.2 Å². The molecule has 0 radical (unpaired) electrons. The van der Waals surface area contributed by atoms with Crippen LogP contribution in [0, 0.1) is 5.92 Å². The maximum Gasteiger partial charge on any atom is 0.338 e. The summed E-state index contributed by atoms with van der Waals surface area (Å²) in [5.74, 6) is 0.882. The largest absolute Gasteiger partial charge is 0.497 e. The van der Waals surface area contributed by atoms with Crippen molar-refractivity contribution in [3.63, 3.8) is 0 Å². The Morgan fingerprint density at radius 3 is 2.77 bits per heavy atom. The first-order valence-corrected chi connectivity index (χ1v) is 11.4. The van der Waals surface area contributed by atoms with E-state index in [1.165, 1.54) is 31.7 Å². The number of amidine groups is 1. The molecule has 2 heterocycles. The lowest BCUT2D eigenvalue weighted by Gasteiger charge is -2.36. The quantitative estimate of drug-likeness (QED) is 0.619. The molecular weight excluding hydrogens is 414 g/mol. The Balaban J connectivity index is 1.70. The number of rotatable bonds is 8. The molecule has 0 saturated heterocycles. The lowest BCUT2D eigenvalue weighted by atomic mass is 9.92. The Morgan fingerprint density at radius 2 is 2.10 bits per heavy atom. The molecule has 1 amide bonds. The molecule has 0 aromatic heterocycles. The van der Waals surface area contributed by atoms with E-state index in [-0.39, 0.29) is 12.3 Å². The lowest BCUT2D eigenvalue weighted by molar-refractivity contribution is -0.136. The zero-order chi connectivity index (χ0) is 22.0. The zero-order valence-electron chi connectivity index (χ0n) is 18.0. The summed E-state index contributed by atoms with van der Waals surface area (Å²) in [5.41, 5.74) is 2.89. The van der Waals surface area contributed by atoms with Crippen LogP contribution in [0.4, 0.5) is 0 Å². The molecule has 31 heavy (non-hydrogen) atoms. The zero-order valence-corrected chi connectivity index (χ0v) is 18.8. The van der Waals surface area contributed by atoms with Crippen LogP contribution in [0.1, 0.15) is 44.2 Å². The number of aliphatic imine (C=N–C) groups is 1. The van der Waals surface area contributed by atoms with Gasteiger partial charge in [0.25, 0.3) is 0 Å².